The van der Waals surface area contributed by atoms with Crippen molar-refractivity contribution >= 4 is 81.4 Å². The van der Waals surface area contributed by atoms with Gasteiger partial charge in [-0.15, -0.1) is 0 Å². The van der Waals surface area contributed by atoms with Crippen molar-refractivity contribution in [1.82, 2.24) is 0 Å². The van der Waals surface area contributed by atoms with Crippen LogP contribution in [0.3, 0.4) is 0 Å². The van der Waals surface area contributed by atoms with E-state index in [1.807, 2.05) is 0 Å². The van der Waals surface area contributed by atoms with Crippen molar-refractivity contribution < 1.29 is 9.47 Å². The van der Waals surface area contributed by atoms with Gasteiger partial charge in [0.2, 0.25) is 11.8 Å². The molecule has 0 aromatic carbocycles. The first-order chi connectivity index (χ1) is 8.05. The molecule has 0 atom stereocenters. The first-order valence-electron chi connectivity index (χ1n) is 4.27. The van der Waals surface area contributed by atoms with Gasteiger partial charge in [0.15, 0.2) is 0 Å². The van der Waals surface area contributed by atoms with Gasteiger partial charge in [-0.1, -0.05) is 69.6 Å². The van der Waals surface area contributed by atoms with E-state index in [1.54, 1.807) is 0 Å². The molecule has 10 heteroatoms. The van der Waals surface area contributed by atoms with Gasteiger partial charge in [-0.3, -0.25) is 10.8 Å². The predicted octanol–water partition coefficient (Wildman–Crippen LogP) is 4.27. The molecule has 0 aliphatic carbocycles. The summed E-state index contributed by atoms with van der Waals surface area (Å²) in [6.07, 6.45) is 2.99. The Hall–Kier alpha value is 0.420. The summed E-state index contributed by atoms with van der Waals surface area (Å²) >= 11 is 32.3. The van der Waals surface area contributed by atoms with Crippen LogP contribution in [-0.2, 0) is 9.47 Å². The lowest BCUT2D eigenvalue weighted by atomic mass is 10.5. The van der Waals surface area contributed by atoms with E-state index in [1.165, 1.54) is 12.2 Å². The Morgan fingerprint density at radius 3 is 1.28 bits per heavy atom. The normalized spacial score (nSPS) is 12.6. The van der Waals surface area contributed by atoms with Crippen LogP contribution in [0.5, 0.6) is 0 Å². The van der Waals surface area contributed by atoms with Crippen LogP contribution in [0.15, 0.2) is 12.2 Å². The van der Waals surface area contributed by atoms with E-state index in [4.69, 9.17) is 89.9 Å². The van der Waals surface area contributed by atoms with Gasteiger partial charge >= 0.3 is 0 Å². The minimum Gasteiger partial charge on any atom is -0.474 e. The maximum atomic E-state index is 7.20. The molecule has 18 heavy (non-hydrogen) atoms. The summed E-state index contributed by atoms with van der Waals surface area (Å²) in [6.45, 7) is 0.0222. The van der Waals surface area contributed by atoms with Gasteiger partial charge in [0.1, 0.15) is 13.2 Å². The van der Waals surface area contributed by atoms with Crippen molar-refractivity contribution in [2.75, 3.05) is 13.2 Å². The minimum absolute atomic E-state index is 0.0111. The predicted molar refractivity (Wildman–Crippen MR) is 77.1 cm³/mol. The smallest absolute Gasteiger partial charge is 0.265 e. The van der Waals surface area contributed by atoms with E-state index >= 15 is 0 Å². The lowest BCUT2D eigenvalue weighted by Gasteiger charge is -2.12. The van der Waals surface area contributed by atoms with Crippen molar-refractivity contribution in [3.05, 3.63) is 12.2 Å². The lowest BCUT2D eigenvalue weighted by Crippen LogP contribution is -2.21. The number of nitrogens with one attached hydrogen (secondary N) is 2. The van der Waals surface area contributed by atoms with E-state index in [9.17, 15) is 0 Å². The van der Waals surface area contributed by atoms with Crippen LogP contribution >= 0.6 is 69.6 Å². The Kier molecular flexibility index (Phi) is 8.06. The zero-order valence-corrected chi connectivity index (χ0v) is 13.2. The van der Waals surface area contributed by atoms with Crippen LogP contribution in [-0.4, -0.2) is 32.6 Å². The molecular weight excluding hydrogens is 369 g/mol. The third-order valence-electron chi connectivity index (χ3n) is 1.33. The maximum Gasteiger partial charge on any atom is 0.265 e. The number of alkyl halides is 6. The third kappa shape index (κ3) is 8.51. The highest BCUT2D eigenvalue weighted by molar-refractivity contribution is 6.76. The molecule has 0 radical (unpaired) electrons. The topological polar surface area (TPSA) is 66.2 Å². The van der Waals surface area contributed by atoms with E-state index in [-0.39, 0.29) is 13.2 Å². The van der Waals surface area contributed by atoms with E-state index in [0.717, 1.165) is 0 Å². The van der Waals surface area contributed by atoms with Gasteiger partial charge in [-0.25, -0.2) is 0 Å². The fraction of sp³-hybridized carbons (Fsp3) is 0.500. The molecule has 4 nitrogen and oxygen atoms in total. The molecule has 0 amide bonds. The molecule has 0 aliphatic rings. The van der Waals surface area contributed by atoms with Gasteiger partial charge in [-0.05, 0) is 12.2 Å². The molecular formula is C8H8Cl6N2O2. The SMILES string of the molecule is N=C(OCC=CCOC(=N)C(Cl)(Cl)Cl)C(Cl)(Cl)Cl. The molecule has 0 fully saturated rings. The zero-order chi connectivity index (χ0) is 14.4. The fourth-order valence-electron chi connectivity index (χ4n) is 0.563. The van der Waals surface area contributed by atoms with Gasteiger partial charge in [0, 0.05) is 0 Å². The van der Waals surface area contributed by atoms with Crippen molar-refractivity contribution in [1.29, 1.82) is 10.8 Å². The maximum absolute atomic E-state index is 7.20. The van der Waals surface area contributed by atoms with Crippen molar-refractivity contribution in [3.8, 4) is 0 Å². The number of halogens is 6. The second kappa shape index (κ2) is 7.88. The summed E-state index contributed by atoms with van der Waals surface area (Å²) in [4.78, 5) is 0. The summed E-state index contributed by atoms with van der Waals surface area (Å²) in [5.74, 6) is -0.987. The number of rotatable bonds is 4. The standard InChI is InChI=1S/C8H8Cl6N2O2/c9-7(10,11)5(15)17-3-1-2-4-18-6(16)8(12,13)14/h1-2,15-16H,3-4H2. The van der Waals surface area contributed by atoms with Crippen LogP contribution in [0.1, 0.15) is 0 Å². The lowest BCUT2D eigenvalue weighted by molar-refractivity contribution is 0.327. The molecule has 0 saturated heterocycles. The summed E-state index contributed by atoms with van der Waals surface area (Å²) in [5.41, 5.74) is 0. The van der Waals surface area contributed by atoms with Gasteiger partial charge in [0.25, 0.3) is 7.59 Å². The number of ether oxygens (including phenoxy) is 2. The van der Waals surface area contributed by atoms with Crippen LogP contribution in [0, 0.1) is 10.8 Å². The Labute approximate surface area is 134 Å². The molecule has 0 aliphatic heterocycles. The monoisotopic (exact) mass is 374 g/mol. The highest BCUT2D eigenvalue weighted by atomic mass is 35.6. The van der Waals surface area contributed by atoms with Crippen molar-refractivity contribution in [2.45, 2.75) is 7.59 Å². The van der Waals surface area contributed by atoms with E-state index in [2.05, 4.69) is 0 Å². The Morgan fingerprint density at radius 1 is 0.778 bits per heavy atom. The molecule has 0 spiro atoms. The average molecular weight is 377 g/mol. The van der Waals surface area contributed by atoms with Gasteiger partial charge in [-0.2, -0.15) is 0 Å². The highest BCUT2D eigenvalue weighted by Crippen LogP contribution is 2.28. The Balaban J connectivity index is 3.81. The molecule has 0 unspecified atom stereocenters. The van der Waals surface area contributed by atoms with Gasteiger partial charge in [0.05, 0.1) is 0 Å². The van der Waals surface area contributed by atoms with Crippen molar-refractivity contribution in [3.63, 3.8) is 0 Å². The van der Waals surface area contributed by atoms with E-state index in [0.29, 0.717) is 0 Å². The molecule has 0 rings (SSSR count). The fourth-order valence-corrected chi connectivity index (χ4v) is 0.890. The minimum atomic E-state index is -1.89. The second-order valence-electron chi connectivity index (χ2n) is 2.75. The molecule has 0 aromatic heterocycles. The summed E-state index contributed by atoms with van der Waals surface area (Å²) in [5, 5.41) is 14.4. The number of hydrogen-bond donors (Lipinski definition) is 2. The third-order valence-corrected chi connectivity index (χ3v) is 2.36. The molecule has 0 saturated carbocycles. The largest absolute Gasteiger partial charge is 0.474 e. The summed E-state index contributed by atoms with van der Waals surface area (Å²) < 4.78 is 5.81. The summed E-state index contributed by atoms with van der Waals surface area (Å²) in [6, 6.07) is 0. The molecule has 104 valence electrons. The molecule has 0 bridgehead atoms. The average Bonchev–Trinajstić information content (AvgIpc) is 2.19. The van der Waals surface area contributed by atoms with E-state index < -0.39 is 19.4 Å². The zero-order valence-electron chi connectivity index (χ0n) is 8.65. The summed E-state index contributed by atoms with van der Waals surface area (Å²) in [7, 11) is 0. The van der Waals surface area contributed by atoms with Crippen LogP contribution in [0.2, 0.25) is 0 Å². The number of hydrogen-bond acceptors (Lipinski definition) is 4. The Morgan fingerprint density at radius 2 is 1.06 bits per heavy atom. The van der Waals surface area contributed by atoms with Gasteiger partial charge < -0.3 is 9.47 Å². The van der Waals surface area contributed by atoms with Crippen LogP contribution in [0.25, 0.3) is 0 Å². The van der Waals surface area contributed by atoms with Crippen LogP contribution < -0.4 is 0 Å². The second-order valence-corrected chi connectivity index (χ2v) is 7.31. The molecule has 0 aromatic rings. The van der Waals surface area contributed by atoms with Crippen LogP contribution in [0.4, 0.5) is 0 Å². The molecule has 0 heterocycles. The first kappa shape index (κ1) is 18.4. The quantitative estimate of drug-likeness (QED) is 0.333. The highest BCUT2D eigenvalue weighted by Gasteiger charge is 2.28. The first-order valence-corrected chi connectivity index (χ1v) is 6.54. The molecule has 2 N–H and O–H groups in total. The van der Waals surface area contributed by atoms with Crippen molar-refractivity contribution in [2.24, 2.45) is 0 Å². The Bertz CT molecular complexity index is 301.